The number of esters is 1. The zero-order valence-corrected chi connectivity index (χ0v) is 20.3. The number of rotatable bonds is 8. The van der Waals surface area contributed by atoms with E-state index in [9.17, 15) is 22.8 Å². The fourth-order valence-electron chi connectivity index (χ4n) is 2.90. The first-order valence-electron chi connectivity index (χ1n) is 10.2. The Morgan fingerprint density at radius 1 is 1.06 bits per heavy atom. The molecule has 178 valence electrons. The van der Waals surface area contributed by atoms with Gasteiger partial charge in [-0.2, -0.15) is 0 Å². The molecule has 0 atom stereocenters. The Morgan fingerprint density at radius 2 is 1.76 bits per heavy atom. The Morgan fingerprint density at radius 3 is 2.47 bits per heavy atom. The van der Waals surface area contributed by atoms with Gasteiger partial charge in [-0.3, -0.25) is 9.59 Å². The summed E-state index contributed by atoms with van der Waals surface area (Å²) in [6.45, 7) is 2.80. The van der Waals surface area contributed by atoms with Crippen LogP contribution < -0.4 is 10.6 Å². The first kappa shape index (κ1) is 25.1. The largest absolute Gasteiger partial charge is 0.465 e. The normalized spacial score (nSPS) is 11.2. The first-order chi connectivity index (χ1) is 16.1. The average Bonchev–Trinajstić information content (AvgIpc) is 3.30. The molecule has 0 spiro atoms. The summed E-state index contributed by atoms with van der Waals surface area (Å²) in [6, 6.07) is 12.4. The fourth-order valence-corrected chi connectivity index (χ4v) is 4.74. The Bertz CT molecular complexity index is 1330. The molecule has 0 saturated carbocycles. The summed E-state index contributed by atoms with van der Waals surface area (Å²) in [5.74, 6) is -1.53. The molecule has 0 unspecified atom stereocenters. The van der Waals surface area contributed by atoms with Crippen molar-refractivity contribution in [2.75, 3.05) is 19.0 Å². The molecule has 2 aromatic carbocycles. The van der Waals surface area contributed by atoms with E-state index >= 15 is 0 Å². The highest BCUT2D eigenvalue weighted by Gasteiger charge is 2.20. The van der Waals surface area contributed by atoms with E-state index in [-0.39, 0.29) is 17.0 Å². The van der Waals surface area contributed by atoms with Crippen molar-refractivity contribution in [1.82, 2.24) is 10.3 Å². The molecule has 34 heavy (non-hydrogen) atoms. The second-order valence-electron chi connectivity index (χ2n) is 7.46. The summed E-state index contributed by atoms with van der Waals surface area (Å²) in [5, 5.41) is 6.50. The van der Waals surface area contributed by atoms with E-state index in [2.05, 4.69) is 15.6 Å². The molecule has 0 aliphatic carbocycles. The summed E-state index contributed by atoms with van der Waals surface area (Å²) < 4.78 is 29.4. The second kappa shape index (κ2) is 10.6. The van der Waals surface area contributed by atoms with Crippen molar-refractivity contribution in [3.63, 3.8) is 0 Å². The van der Waals surface area contributed by atoms with Crippen molar-refractivity contribution >= 4 is 44.1 Å². The zero-order chi connectivity index (χ0) is 24.9. The third-order valence-corrected chi connectivity index (χ3v) is 7.69. The SMILES string of the molecule is COC(=O)c1cccc(-c2csc(NC(=O)CNC(=O)c3cccc(S(=O)(=O)C(C)C)c3)n2)c1. The number of methoxy groups -OCH3 is 1. The van der Waals surface area contributed by atoms with Crippen molar-refractivity contribution in [2.45, 2.75) is 24.0 Å². The molecule has 0 fully saturated rings. The van der Waals surface area contributed by atoms with Gasteiger partial charge >= 0.3 is 5.97 Å². The van der Waals surface area contributed by atoms with E-state index in [4.69, 9.17) is 4.74 Å². The number of amides is 2. The molecule has 0 saturated heterocycles. The van der Waals surface area contributed by atoms with Gasteiger partial charge in [-0.05, 0) is 44.2 Å². The molecule has 2 amide bonds. The van der Waals surface area contributed by atoms with Crippen molar-refractivity contribution in [3.05, 3.63) is 65.0 Å². The molecule has 2 N–H and O–H groups in total. The van der Waals surface area contributed by atoms with Gasteiger partial charge in [-0.1, -0.05) is 18.2 Å². The number of nitrogens with one attached hydrogen (secondary N) is 2. The van der Waals surface area contributed by atoms with Gasteiger partial charge in [0.2, 0.25) is 5.91 Å². The molecular weight excluding hydrogens is 478 g/mol. The predicted molar refractivity (Wildman–Crippen MR) is 129 cm³/mol. The minimum Gasteiger partial charge on any atom is -0.465 e. The maximum atomic E-state index is 12.4. The minimum atomic E-state index is -3.53. The van der Waals surface area contributed by atoms with E-state index in [1.54, 1.807) is 43.5 Å². The lowest BCUT2D eigenvalue weighted by Crippen LogP contribution is -2.33. The molecule has 0 aliphatic rings. The molecule has 3 rings (SSSR count). The van der Waals surface area contributed by atoms with Crippen LogP contribution >= 0.6 is 11.3 Å². The second-order valence-corrected chi connectivity index (χ2v) is 10.8. The maximum absolute atomic E-state index is 12.4. The van der Waals surface area contributed by atoms with Gasteiger partial charge in [-0.15, -0.1) is 11.3 Å². The van der Waals surface area contributed by atoms with E-state index in [1.165, 1.54) is 42.7 Å². The summed E-state index contributed by atoms with van der Waals surface area (Å²) in [6.07, 6.45) is 0. The number of carbonyl (C=O) groups is 3. The number of hydrogen-bond donors (Lipinski definition) is 2. The molecule has 0 aliphatic heterocycles. The third-order valence-electron chi connectivity index (χ3n) is 4.78. The average molecular weight is 502 g/mol. The molecular formula is C23H23N3O6S2. The van der Waals surface area contributed by atoms with Gasteiger partial charge in [0.1, 0.15) is 0 Å². The number of thiazole rings is 1. The van der Waals surface area contributed by atoms with Gasteiger partial charge < -0.3 is 15.4 Å². The van der Waals surface area contributed by atoms with Crippen LogP contribution in [-0.4, -0.2) is 50.1 Å². The van der Waals surface area contributed by atoms with Crippen molar-refractivity contribution in [1.29, 1.82) is 0 Å². The van der Waals surface area contributed by atoms with Gasteiger partial charge in [0.25, 0.3) is 5.91 Å². The number of benzene rings is 2. The van der Waals surface area contributed by atoms with Crippen LogP contribution in [0.4, 0.5) is 5.13 Å². The molecule has 1 aromatic heterocycles. The molecule has 11 heteroatoms. The number of hydrogen-bond acceptors (Lipinski definition) is 8. The molecule has 1 heterocycles. The van der Waals surface area contributed by atoms with Crippen LogP contribution in [0.3, 0.4) is 0 Å². The van der Waals surface area contributed by atoms with Crippen molar-refractivity contribution in [3.8, 4) is 11.3 Å². The Kier molecular flexibility index (Phi) is 7.79. The lowest BCUT2D eigenvalue weighted by molar-refractivity contribution is -0.115. The van der Waals surface area contributed by atoms with Crippen molar-refractivity contribution < 1.29 is 27.5 Å². The Hall–Kier alpha value is -3.57. The maximum Gasteiger partial charge on any atom is 0.337 e. The zero-order valence-electron chi connectivity index (χ0n) is 18.7. The standard InChI is InChI=1S/C23H23N3O6S2/c1-14(2)34(30,31)18-9-5-7-16(11-18)21(28)24-12-20(27)26-23-25-19(13-33-23)15-6-4-8-17(10-15)22(29)32-3/h4-11,13-14H,12H2,1-3H3,(H,24,28)(H,25,26,27). The first-order valence-corrected chi connectivity index (χ1v) is 12.6. The number of carbonyl (C=O) groups excluding carboxylic acids is 3. The number of nitrogens with zero attached hydrogens (tertiary/aromatic N) is 1. The van der Waals surface area contributed by atoms with Gasteiger partial charge in [0.05, 0.1) is 35.1 Å². The molecule has 0 bridgehead atoms. The minimum absolute atomic E-state index is 0.0474. The molecule has 0 radical (unpaired) electrons. The van der Waals surface area contributed by atoms with Crippen LogP contribution in [0.2, 0.25) is 0 Å². The smallest absolute Gasteiger partial charge is 0.337 e. The van der Waals surface area contributed by atoms with E-state index in [1.807, 2.05) is 0 Å². The van der Waals surface area contributed by atoms with E-state index in [0.29, 0.717) is 22.0 Å². The number of ether oxygens (including phenoxy) is 1. The van der Waals surface area contributed by atoms with Crippen LogP contribution in [0.1, 0.15) is 34.6 Å². The summed E-state index contributed by atoms with van der Waals surface area (Å²) in [4.78, 5) is 40.8. The molecule has 9 nitrogen and oxygen atoms in total. The predicted octanol–water partition coefficient (Wildman–Crippen LogP) is 3.15. The van der Waals surface area contributed by atoms with Gasteiger partial charge in [0, 0.05) is 16.5 Å². The topological polar surface area (TPSA) is 132 Å². The fraction of sp³-hybridized carbons (Fsp3) is 0.217. The number of anilines is 1. The molecule has 3 aromatic rings. The van der Waals surface area contributed by atoms with Crippen LogP contribution in [0.25, 0.3) is 11.3 Å². The monoisotopic (exact) mass is 501 g/mol. The van der Waals surface area contributed by atoms with Crippen LogP contribution in [0.15, 0.2) is 58.8 Å². The van der Waals surface area contributed by atoms with Crippen LogP contribution in [-0.2, 0) is 19.4 Å². The van der Waals surface area contributed by atoms with Crippen LogP contribution in [0, 0.1) is 0 Å². The quantitative estimate of drug-likeness (QED) is 0.453. The summed E-state index contributed by atoms with van der Waals surface area (Å²) in [5.41, 5.74) is 1.77. The van der Waals surface area contributed by atoms with Crippen LogP contribution in [0.5, 0.6) is 0 Å². The van der Waals surface area contributed by atoms with E-state index < -0.39 is 32.9 Å². The van der Waals surface area contributed by atoms with Gasteiger partial charge in [-0.25, -0.2) is 18.2 Å². The highest BCUT2D eigenvalue weighted by atomic mass is 32.2. The van der Waals surface area contributed by atoms with Crippen molar-refractivity contribution in [2.24, 2.45) is 0 Å². The van der Waals surface area contributed by atoms with E-state index in [0.717, 1.165) is 0 Å². The number of sulfone groups is 1. The highest BCUT2D eigenvalue weighted by molar-refractivity contribution is 7.92. The summed E-state index contributed by atoms with van der Waals surface area (Å²) >= 11 is 1.19. The lowest BCUT2D eigenvalue weighted by Gasteiger charge is -2.10. The van der Waals surface area contributed by atoms with Gasteiger partial charge in [0.15, 0.2) is 15.0 Å². The Labute approximate surface area is 201 Å². The number of aromatic nitrogens is 1. The highest BCUT2D eigenvalue weighted by Crippen LogP contribution is 2.25. The lowest BCUT2D eigenvalue weighted by atomic mass is 10.1. The third kappa shape index (κ3) is 5.86. The summed E-state index contributed by atoms with van der Waals surface area (Å²) in [7, 11) is -2.23. The Balaban J connectivity index is 1.61.